The number of pyridine rings is 1. The predicted molar refractivity (Wildman–Crippen MR) is 63.6 cm³/mol. The second-order valence-corrected chi connectivity index (χ2v) is 3.66. The molecule has 2 aromatic rings. The zero-order chi connectivity index (χ0) is 12.3. The smallest absolute Gasteiger partial charge is 0.258 e. The van der Waals surface area contributed by atoms with Gasteiger partial charge in [-0.1, -0.05) is 11.6 Å². The van der Waals surface area contributed by atoms with E-state index in [0.717, 1.165) is 0 Å². The van der Waals surface area contributed by atoms with Gasteiger partial charge in [-0.15, -0.1) is 0 Å². The lowest BCUT2D eigenvalue weighted by molar-refractivity contribution is 0.102. The Kier molecular flexibility index (Phi) is 3.35. The normalized spacial score (nSPS) is 10.0. The molecule has 1 N–H and O–H groups in total. The number of nitrogens with one attached hydrogen (secondary N) is 1. The van der Waals surface area contributed by atoms with Crippen molar-refractivity contribution in [1.29, 1.82) is 0 Å². The number of anilines is 1. The fourth-order valence-electron chi connectivity index (χ4n) is 1.29. The number of hydrogen-bond donors (Lipinski definition) is 1. The van der Waals surface area contributed by atoms with Gasteiger partial charge in [0, 0.05) is 11.9 Å². The number of rotatable bonds is 2. The van der Waals surface area contributed by atoms with Crippen molar-refractivity contribution < 1.29 is 9.18 Å². The Morgan fingerprint density at radius 3 is 2.59 bits per heavy atom. The minimum Gasteiger partial charge on any atom is -0.322 e. The van der Waals surface area contributed by atoms with Gasteiger partial charge in [0.1, 0.15) is 11.0 Å². The summed E-state index contributed by atoms with van der Waals surface area (Å²) < 4.78 is 12.7. The minimum atomic E-state index is -0.380. The Balaban J connectivity index is 2.17. The molecule has 1 aromatic heterocycles. The number of nitrogens with zero attached hydrogens (tertiary/aromatic N) is 1. The summed E-state index contributed by atoms with van der Waals surface area (Å²) in [6.45, 7) is 0. The maximum Gasteiger partial charge on any atom is 0.258 e. The van der Waals surface area contributed by atoms with E-state index in [4.69, 9.17) is 11.6 Å². The van der Waals surface area contributed by atoms with E-state index >= 15 is 0 Å². The molecule has 0 atom stereocenters. The van der Waals surface area contributed by atoms with E-state index in [0.29, 0.717) is 5.69 Å². The van der Waals surface area contributed by atoms with E-state index in [2.05, 4.69) is 10.3 Å². The molecule has 0 unspecified atom stereocenters. The maximum absolute atomic E-state index is 12.7. The molecule has 0 saturated heterocycles. The average molecular weight is 251 g/mol. The van der Waals surface area contributed by atoms with E-state index < -0.39 is 0 Å². The summed E-state index contributed by atoms with van der Waals surface area (Å²) in [7, 11) is 0. The van der Waals surface area contributed by atoms with Gasteiger partial charge < -0.3 is 5.32 Å². The molecule has 86 valence electrons. The van der Waals surface area contributed by atoms with Crippen LogP contribution in [-0.2, 0) is 0 Å². The van der Waals surface area contributed by atoms with E-state index in [1.165, 1.54) is 30.5 Å². The molecule has 0 aliphatic heterocycles. The summed E-state index contributed by atoms with van der Waals surface area (Å²) in [5.74, 6) is -0.739. The van der Waals surface area contributed by atoms with Crippen molar-refractivity contribution in [2.75, 3.05) is 5.32 Å². The van der Waals surface area contributed by atoms with Gasteiger partial charge in [-0.25, -0.2) is 9.37 Å². The molecule has 1 aromatic carbocycles. The lowest BCUT2D eigenvalue weighted by atomic mass is 10.2. The molecule has 1 heterocycles. The van der Waals surface area contributed by atoms with E-state index in [9.17, 15) is 9.18 Å². The third-order valence-electron chi connectivity index (χ3n) is 2.11. The van der Waals surface area contributed by atoms with E-state index in [1.54, 1.807) is 12.1 Å². The molecule has 5 heteroatoms. The van der Waals surface area contributed by atoms with Crippen LogP contribution < -0.4 is 5.32 Å². The molecule has 0 aliphatic carbocycles. The predicted octanol–water partition coefficient (Wildman–Crippen LogP) is 3.13. The van der Waals surface area contributed by atoms with Crippen LogP contribution in [0.3, 0.4) is 0 Å². The SMILES string of the molecule is O=C(Nc1ccc(F)cc1)c1cccnc1Cl. The number of amides is 1. The van der Waals surface area contributed by atoms with Crippen LogP contribution in [0.25, 0.3) is 0 Å². The number of carbonyl (C=O) groups is 1. The van der Waals surface area contributed by atoms with Crippen LogP contribution in [0.2, 0.25) is 5.15 Å². The highest BCUT2D eigenvalue weighted by atomic mass is 35.5. The molecule has 0 radical (unpaired) electrons. The lowest BCUT2D eigenvalue weighted by Gasteiger charge is -2.05. The van der Waals surface area contributed by atoms with Gasteiger partial charge in [0.05, 0.1) is 5.56 Å². The minimum absolute atomic E-state index is 0.132. The highest BCUT2D eigenvalue weighted by molar-refractivity contribution is 6.33. The second kappa shape index (κ2) is 4.93. The van der Waals surface area contributed by atoms with Crippen LogP contribution in [0.5, 0.6) is 0 Å². The Morgan fingerprint density at radius 1 is 1.24 bits per heavy atom. The van der Waals surface area contributed by atoms with Crippen molar-refractivity contribution >= 4 is 23.2 Å². The first-order valence-corrected chi connectivity index (χ1v) is 5.22. The summed E-state index contributed by atoms with van der Waals surface area (Å²) in [5.41, 5.74) is 0.773. The summed E-state index contributed by atoms with van der Waals surface area (Å²) >= 11 is 5.78. The quantitative estimate of drug-likeness (QED) is 0.832. The molecule has 17 heavy (non-hydrogen) atoms. The highest BCUT2D eigenvalue weighted by Gasteiger charge is 2.10. The van der Waals surface area contributed by atoms with Crippen LogP contribution >= 0.6 is 11.6 Å². The van der Waals surface area contributed by atoms with Crippen molar-refractivity contribution in [2.24, 2.45) is 0 Å². The molecular weight excluding hydrogens is 243 g/mol. The van der Waals surface area contributed by atoms with Crippen LogP contribution in [0.1, 0.15) is 10.4 Å². The topological polar surface area (TPSA) is 42.0 Å². The van der Waals surface area contributed by atoms with Gasteiger partial charge in [0.15, 0.2) is 0 Å². The van der Waals surface area contributed by atoms with Crippen LogP contribution in [0.15, 0.2) is 42.6 Å². The Morgan fingerprint density at radius 2 is 1.94 bits per heavy atom. The lowest BCUT2D eigenvalue weighted by Crippen LogP contribution is -2.12. The number of carbonyl (C=O) groups excluding carboxylic acids is 1. The third-order valence-corrected chi connectivity index (χ3v) is 2.41. The highest BCUT2D eigenvalue weighted by Crippen LogP contribution is 2.15. The summed E-state index contributed by atoms with van der Waals surface area (Å²) in [4.78, 5) is 15.6. The van der Waals surface area contributed by atoms with Crippen molar-refractivity contribution in [3.8, 4) is 0 Å². The fraction of sp³-hybridized carbons (Fsp3) is 0. The number of benzene rings is 1. The van der Waals surface area contributed by atoms with Crippen molar-refractivity contribution in [3.05, 3.63) is 59.1 Å². The van der Waals surface area contributed by atoms with Crippen LogP contribution in [0, 0.1) is 5.82 Å². The molecular formula is C12H8ClFN2O. The first-order chi connectivity index (χ1) is 8.16. The van der Waals surface area contributed by atoms with Gasteiger partial charge in [-0.2, -0.15) is 0 Å². The summed E-state index contributed by atoms with van der Waals surface area (Å²) in [6, 6.07) is 8.65. The Bertz CT molecular complexity index is 542. The molecule has 0 saturated carbocycles. The first kappa shape index (κ1) is 11.5. The number of hydrogen-bond acceptors (Lipinski definition) is 2. The zero-order valence-corrected chi connectivity index (χ0v) is 9.41. The Hall–Kier alpha value is -1.94. The van der Waals surface area contributed by atoms with E-state index in [1.807, 2.05) is 0 Å². The van der Waals surface area contributed by atoms with Gasteiger partial charge in [0.25, 0.3) is 5.91 Å². The number of aromatic nitrogens is 1. The molecule has 2 rings (SSSR count). The average Bonchev–Trinajstić information content (AvgIpc) is 2.32. The first-order valence-electron chi connectivity index (χ1n) is 4.84. The maximum atomic E-state index is 12.7. The monoisotopic (exact) mass is 250 g/mol. The van der Waals surface area contributed by atoms with Crippen molar-refractivity contribution in [3.63, 3.8) is 0 Å². The van der Waals surface area contributed by atoms with E-state index in [-0.39, 0.29) is 22.4 Å². The summed E-state index contributed by atoms with van der Waals surface area (Å²) in [5, 5.41) is 2.73. The molecule has 0 spiro atoms. The van der Waals surface area contributed by atoms with Gasteiger partial charge >= 0.3 is 0 Å². The second-order valence-electron chi connectivity index (χ2n) is 3.30. The summed E-state index contributed by atoms with van der Waals surface area (Å²) in [6.07, 6.45) is 1.50. The Labute approximate surface area is 102 Å². The fourth-order valence-corrected chi connectivity index (χ4v) is 1.49. The molecule has 0 aliphatic rings. The van der Waals surface area contributed by atoms with Gasteiger partial charge in [-0.3, -0.25) is 4.79 Å². The van der Waals surface area contributed by atoms with Crippen LogP contribution in [-0.4, -0.2) is 10.9 Å². The molecule has 1 amide bonds. The number of halogens is 2. The zero-order valence-electron chi connectivity index (χ0n) is 8.65. The molecule has 0 fully saturated rings. The van der Waals surface area contributed by atoms with Crippen LogP contribution in [0.4, 0.5) is 10.1 Å². The third kappa shape index (κ3) is 2.79. The molecule has 3 nitrogen and oxygen atoms in total. The van der Waals surface area contributed by atoms with Crippen molar-refractivity contribution in [1.82, 2.24) is 4.98 Å². The van der Waals surface area contributed by atoms with Gasteiger partial charge in [0.2, 0.25) is 0 Å². The van der Waals surface area contributed by atoms with Crippen molar-refractivity contribution in [2.45, 2.75) is 0 Å². The molecule has 0 bridgehead atoms. The standard InChI is InChI=1S/C12H8ClFN2O/c13-11-10(2-1-7-15-11)12(17)16-9-5-3-8(14)4-6-9/h1-7H,(H,16,17). The van der Waals surface area contributed by atoms with Gasteiger partial charge in [-0.05, 0) is 36.4 Å². The largest absolute Gasteiger partial charge is 0.322 e.